The quantitative estimate of drug-likeness (QED) is 0.512. The number of hydrogen-bond acceptors (Lipinski definition) is 5. The first-order chi connectivity index (χ1) is 8.26. The van der Waals surface area contributed by atoms with Crippen LogP contribution >= 0.6 is 23.1 Å². The largest absolute Gasteiger partial charge is 0.305 e. The highest BCUT2D eigenvalue weighted by molar-refractivity contribution is 7.10. The Morgan fingerprint density at radius 3 is 2.65 bits per heavy atom. The molecule has 2 rings (SSSR count). The molecule has 0 bridgehead atoms. The normalized spacial score (nSPS) is 10.6. The summed E-state index contributed by atoms with van der Waals surface area (Å²) in [4.78, 5) is 0.744. The summed E-state index contributed by atoms with van der Waals surface area (Å²) in [5.74, 6) is 4.95. The van der Waals surface area contributed by atoms with Gasteiger partial charge in [0, 0.05) is 0 Å². The molecule has 0 fully saturated rings. The molecule has 1 heterocycles. The van der Waals surface area contributed by atoms with Gasteiger partial charge in [0.2, 0.25) is 0 Å². The number of halogens is 1. The van der Waals surface area contributed by atoms with Crippen LogP contribution in [0.25, 0.3) is 10.4 Å². The Morgan fingerprint density at radius 2 is 2.06 bits per heavy atom. The van der Waals surface area contributed by atoms with Crippen LogP contribution in [-0.2, 0) is 0 Å². The van der Waals surface area contributed by atoms with E-state index >= 15 is 0 Å². The van der Waals surface area contributed by atoms with E-state index in [-0.39, 0.29) is 5.15 Å². The van der Waals surface area contributed by atoms with Crippen LogP contribution in [0.15, 0.2) is 34.6 Å². The minimum absolute atomic E-state index is 0.234. The summed E-state index contributed by atoms with van der Waals surface area (Å²) in [5.41, 5.74) is 1.90. The molecule has 0 unspecified atom stereocenters. The molecule has 0 saturated heterocycles. The first-order valence-corrected chi connectivity index (χ1v) is 5.68. The van der Waals surface area contributed by atoms with Crippen molar-refractivity contribution in [1.82, 2.24) is 4.37 Å². The van der Waals surface area contributed by atoms with Gasteiger partial charge in [-0.3, -0.25) is 0 Å². The fourth-order valence-corrected chi connectivity index (χ4v) is 2.34. The predicted molar refractivity (Wildman–Crippen MR) is 66.0 cm³/mol. The zero-order chi connectivity index (χ0) is 12.3. The molecule has 0 atom stereocenters. The second-order valence-electron chi connectivity index (χ2n) is 3.05. The summed E-state index contributed by atoms with van der Waals surface area (Å²) < 4.78 is 3.95. The zero-order valence-corrected chi connectivity index (χ0v) is 10.0. The number of aromatic nitrogens is 1. The van der Waals surface area contributed by atoms with Crippen molar-refractivity contribution in [2.24, 2.45) is 16.2 Å². The molecule has 0 aliphatic carbocycles. The Hall–Kier alpha value is -1.97. The minimum Gasteiger partial charge on any atom is -0.305 e. The van der Waals surface area contributed by atoms with Crippen LogP contribution in [0.4, 0.5) is 5.69 Å². The van der Waals surface area contributed by atoms with Crippen LogP contribution in [0.3, 0.4) is 0 Å². The highest BCUT2D eigenvalue weighted by atomic mass is 35.5. The van der Waals surface area contributed by atoms with Gasteiger partial charge in [0.1, 0.15) is 11.6 Å². The van der Waals surface area contributed by atoms with Gasteiger partial charge in [-0.25, -0.2) is 0 Å². The lowest BCUT2D eigenvalue weighted by Gasteiger charge is -1.97. The summed E-state index contributed by atoms with van der Waals surface area (Å²) in [7, 11) is 0. The maximum Gasteiger partial charge on any atom is 0.161 e. The lowest BCUT2D eigenvalue weighted by molar-refractivity contribution is 1.06. The molecular weight excluding hydrogens is 258 g/mol. The van der Waals surface area contributed by atoms with Crippen LogP contribution in [0.5, 0.6) is 0 Å². The molecule has 2 N–H and O–H groups in total. The second kappa shape index (κ2) is 4.91. The van der Waals surface area contributed by atoms with Crippen LogP contribution in [0, 0.1) is 11.3 Å². The lowest BCUT2D eigenvalue weighted by atomic mass is 10.1. The van der Waals surface area contributed by atoms with Crippen molar-refractivity contribution < 1.29 is 0 Å². The van der Waals surface area contributed by atoms with E-state index in [1.165, 1.54) is 11.5 Å². The first kappa shape index (κ1) is 11.5. The van der Waals surface area contributed by atoms with Crippen LogP contribution in [0.1, 0.15) is 5.56 Å². The fraction of sp³-hybridized carbons (Fsp3) is 0. The summed E-state index contributed by atoms with van der Waals surface area (Å²) in [6.45, 7) is 0. The lowest BCUT2D eigenvalue weighted by Crippen LogP contribution is -1.78. The van der Waals surface area contributed by atoms with E-state index in [1.54, 1.807) is 12.1 Å². The molecule has 5 nitrogen and oxygen atoms in total. The average molecular weight is 264 g/mol. The molecule has 84 valence electrons. The van der Waals surface area contributed by atoms with Gasteiger partial charge in [-0.05, 0) is 29.2 Å². The van der Waals surface area contributed by atoms with Gasteiger partial charge >= 0.3 is 0 Å². The second-order valence-corrected chi connectivity index (χ2v) is 4.18. The maximum atomic E-state index is 8.97. The molecule has 2 aromatic rings. The predicted octanol–water partition coefficient (Wildman–Crippen LogP) is 3.29. The molecule has 0 aliphatic heterocycles. The summed E-state index contributed by atoms with van der Waals surface area (Å²) in [5, 5.41) is 16.1. The molecule has 0 amide bonds. The highest BCUT2D eigenvalue weighted by Gasteiger charge is 2.13. The van der Waals surface area contributed by atoms with Gasteiger partial charge < -0.3 is 5.84 Å². The smallest absolute Gasteiger partial charge is 0.161 e. The van der Waals surface area contributed by atoms with Crippen LogP contribution in [0.2, 0.25) is 5.15 Å². The minimum atomic E-state index is 0.234. The summed E-state index contributed by atoms with van der Waals surface area (Å²) in [6, 6.07) is 9.17. The molecule has 1 aromatic heterocycles. The molecule has 0 spiro atoms. The Labute approximate surface area is 106 Å². The van der Waals surface area contributed by atoms with E-state index < -0.39 is 0 Å². The van der Waals surface area contributed by atoms with Gasteiger partial charge in [0.25, 0.3) is 0 Å². The Bertz CT molecular complexity index is 596. The Morgan fingerprint density at radius 1 is 1.35 bits per heavy atom. The van der Waals surface area contributed by atoms with E-state index in [9.17, 15) is 0 Å². The highest BCUT2D eigenvalue weighted by Crippen LogP contribution is 2.33. The summed E-state index contributed by atoms with van der Waals surface area (Å²) in [6.07, 6.45) is 0. The van der Waals surface area contributed by atoms with Crippen LogP contribution < -0.4 is 5.84 Å². The third-order valence-electron chi connectivity index (χ3n) is 2.06. The van der Waals surface area contributed by atoms with Gasteiger partial charge in [0.05, 0.1) is 10.6 Å². The topological polar surface area (TPSA) is 87.4 Å². The molecule has 1 aromatic carbocycles. The molecule has 17 heavy (non-hydrogen) atoms. The van der Waals surface area contributed by atoms with Gasteiger partial charge in [-0.15, -0.1) is 5.11 Å². The van der Waals surface area contributed by atoms with E-state index in [4.69, 9.17) is 22.7 Å². The fourth-order valence-electron chi connectivity index (χ4n) is 1.31. The van der Waals surface area contributed by atoms with Gasteiger partial charge in [-0.1, -0.05) is 29.0 Å². The standard InChI is InChI=1S/C10H6ClN5S/c11-10-8(5-12)9(17-15-10)6-1-3-7(4-2-6)14-16-13/h1-4H,(H2,13,14). The van der Waals surface area contributed by atoms with E-state index in [0.717, 1.165) is 10.4 Å². The number of nitrogens with zero attached hydrogens (tertiary/aromatic N) is 4. The average Bonchev–Trinajstić information content (AvgIpc) is 2.72. The van der Waals surface area contributed by atoms with Crippen molar-refractivity contribution in [2.75, 3.05) is 0 Å². The molecule has 0 aliphatic rings. The van der Waals surface area contributed by atoms with E-state index in [1.807, 2.05) is 18.2 Å². The summed E-state index contributed by atoms with van der Waals surface area (Å²) >= 11 is 6.99. The van der Waals surface area contributed by atoms with Crippen molar-refractivity contribution in [3.05, 3.63) is 35.0 Å². The van der Waals surface area contributed by atoms with Crippen molar-refractivity contribution in [3.8, 4) is 16.5 Å². The van der Waals surface area contributed by atoms with Crippen molar-refractivity contribution >= 4 is 28.8 Å². The Balaban J connectivity index is 2.44. The number of nitrogens with two attached hydrogens (primary N) is 1. The van der Waals surface area contributed by atoms with Crippen LogP contribution in [-0.4, -0.2) is 4.37 Å². The monoisotopic (exact) mass is 263 g/mol. The molecule has 7 heteroatoms. The molecule has 0 saturated carbocycles. The van der Waals surface area contributed by atoms with E-state index in [2.05, 4.69) is 14.7 Å². The van der Waals surface area contributed by atoms with Crippen molar-refractivity contribution in [2.45, 2.75) is 0 Å². The third-order valence-corrected chi connectivity index (χ3v) is 3.33. The number of benzene rings is 1. The zero-order valence-electron chi connectivity index (χ0n) is 8.46. The third kappa shape index (κ3) is 2.25. The number of rotatable bonds is 2. The van der Waals surface area contributed by atoms with Crippen molar-refractivity contribution in [1.29, 1.82) is 5.26 Å². The van der Waals surface area contributed by atoms with Gasteiger partial charge in [-0.2, -0.15) is 9.64 Å². The van der Waals surface area contributed by atoms with Gasteiger partial charge in [0.15, 0.2) is 5.15 Å². The maximum absolute atomic E-state index is 8.97. The number of hydrogen-bond donors (Lipinski definition) is 1. The van der Waals surface area contributed by atoms with E-state index in [0.29, 0.717) is 11.3 Å². The SMILES string of the molecule is N#Cc1c(Cl)nsc1-c1ccc(N=NN)cc1. The number of nitriles is 1. The molecular formula is C10H6ClN5S. The molecule has 0 radical (unpaired) electrons. The Kier molecular flexibility index (Phi) is 3.32. The first-order valence-electron chi connectivity index (χ1n) is 4.53. The van der Waals surface area contributed by atoms with Crippen molar-refractivity contribution in [3.63, 3.8) is 0 Å².